The molecule has 4 nitrogen and oxygen atoms in total. The van der Waals surface area contributed by atoms with Crippen LogP contribution in [0.1, 0.15) is 17.2 Å². The molecule has 0 aliphatic carbocycles. The van der Waals surface area contributed by atoms with Gasteiger partial charge in [-0.3, -0.25) is 0 Å². The number of benzene rings is 2. The number of hydrogen-bond acceptors (Lipinski definition) is 4. The summed E-state index contributed by atoms with van der Waals surface area (Å²) in [6.07, 6.45) is -0.917. The molecule has 0 radical (unpaired) electrons. The van der Waals surface area contributed by atoms with Gasteiger partial charge in [-0.15, -0.1) is 0 Å². The van der Waals surface area contributed by atoms with Crippen molar-refractivity contribution in [3.63, 3.8) is 0 Å². The minimum Gasteiger partial charge on any atom is -0.463 e. The molecule has 0 aromatic heterocycles. The lowest BCUT2D eigenvalue weighted by Crippen LogP contribution is -2.27. The summed E-state index contributed by atoms with van der Waals surface area (Å²) in [5.41, 5.74) is 6.49. The van der Waals surface area contributed by atoms with Gasteiger partial charge in [0, 0.05) is 15.7 Å². The van der Waals surface area contributed by atoms with Gasteiger partial charge in [0.25, 0.3) is 6.02 Å². The van der Waals surface area contributed by atoms with E-state index in [4.69, 9.17) is 33.7 Å². The molecule has 1 aliphatic rings. The number of nitrogens with two attached hydrogens (primary N) is 1. The van der Waals surface area contributed by atoms with Crippen LogP contribution in [-0.4, -0.2) is 24.8 Å². The Morgan fingerprint density at radius 2 is 1.79 bits per heavy atom. The smallest absolute Gasteiger partial charge is 0.412 e. The van der Waals surface area contributed by atoms with Gasteiger partial charge < -0.3 is 15.8 Å². The van der Waals surface area contributed by atoms with E-state index in [9.17, 15) is 13.2 Å². The highest BCUT2D eigenvalue weighted by atomic mass is 35.5. The summed E-state index contributed by atoms with van der Waals surface area (Å²) in [5, 5.41) is 2.77. The SMILES string of the molecule is NC1=NC(C=Cc2ccc(NC(c3cc(Cl)cc(Cl)c3)C(F)(F)F)cc2)CO1. The Balaban J connectivity index is 1.75. The molecule has 2 atom stereocenters. The van der Waals surface area contributed by atoms with Crippen LogP contribution in [0.5, 0.6) is 0 Å². The Kier molecular flexibility index (Phi) is 6.05. The Morgan fingerprint density at radius 1 is 1.14 bits per heavy atom. The number of anilines is 1. The molecule has 2 aromatic rings. The van der Waals surface area contributed by atoms with E-state index in [2.05, 4.69) is 10.3 Å². The Morgan fingerprint density at radius 3 is 2.32 bits per heavy atom. The predicted octanol–water partition coefficient (Wildman–Crippen LogP) is 5.44. The molecule has 0 bridgehead atoms. The fourth-order valence-corrected chi connectivity index (χ4v) is 3.23. The maximum atomic E-state index is 13.6. The van der Waals surface area contributed by atoms with E-state index in [0.29, 0.717) is 12.3 Å². The molecule has 28 heavy (non-hydrogen) atoms. The van der Waals surface area contributed by atoms with Crippen LogP contribution in [0.15, 0.2) is 53.5 Å². The van der Waals surface area contributed by atoms with E-state index in [1.165, 1.54) is 18.2 Å². The first-order valence-electron chi connectivity index (χ1n) is 8.24. The number of nitrogens with one attached hydrogen (secondary N) is 1. The van der Waals surface area contributed by atoms with Gasteiger partial charge in [0.2, 0.25) is 0 Å². The molecule has 0 saturated heterocycles. The Hall–Kier alpha value is -2.38. The molecule has 0 amide bonds. The standard InChI is InChI=1S/C19H16Cl2F3N3O/c20-13-7-12(8-14(21)9-13)17(19(22,23)24)26-15-4-1-11(2-5-15)3-6-16-10-28-18(25)27-16/h1-9,16-17,26H,10H2,(H2,25,27). The van der Waals surface area contributed by atoms with E-state index in [1.54, 1.807) is 30.3 Å². The first-order chi connectivity index (χ1) is 13.2. The van der Waals surface area contributed by atoms with Crippen molar-refractivity contribution >= 4 is 41.0 Å². The van der Waals surface area contributed by atoms with Gasteiger partial charge in [-0.2, -0.15) is 13.2 Å². The zero-order chi connectivity index (χ0) is 20.3. The summed E-state index contributed by atoms with van der Waals surface area (Å²) < 4.78 is 45.7. The van der Waals surface area contributed by atoms with Crippen molar-refractivity contribution in [3.05, 3.63) is 69.7 Å². The van der Waals surface area contributed by atoms with E-state index in [-0.39, 0.29) is 27.7 Å². The molecule has 1 heterocycles. The van der Waals surface area contributed by atoms with E-state index < -0.39 is 12.2 Å². The molecule has 0 saturated carbocycles. The maximum Gasteiger partial charge on any atom is 0.412 e. The summed E-state index contributed by atoms with van der Waals surface area (Å²) in [4.78, 5) is 4.06. The second-order valence-corrected chi connectivity index (χ2v) is 7.02. The number of aliphatic imine (C=N–C) groups is 1. The molecule has 3 N–H and O–H groups in total. The molecule has 0 fully saturated rings. The molecular formula is C19H16Cl2F3N3O. The number of rotatable bonds is 5. The first-order valence-corrected chi connectivity index (χ1v) is 9.00. The van der Waals surface area contributed by atoms with Crippen molar-refractivity contribution in [2.45, 2.75) is 18.3 Å². The normalized spacial score (nSPS) is 18.0. The van der Waals surface area contributed by atoms with Crippen molar-refractivity contribution in [1.29, 1.82) is 0 Å². The van der Waals surface area contributed by atoms with Crippen molar-refractivity contribution in [1.82, 2.24) is 0 Å². The summed E-state index contributed by atoms with van der Waals surface area (Å²) >= 11 is 11.7. The monoisotopic (exact) mass is 429 g/mol. The molecule has 9 heteroatoms. The molecule has 0 spiro atoms. The minimum absolute atomic E-state index is 0.0642. The molecular weight excluding hydrogens is 414 g/mol. The second kappa shape index (κ2) is 8.32. The lowest BCUT2D eigenvalue weighted by molar-refractivity contribution is -0.144. The number of alkyl halides is 3. The van der Waals surface area contributed by atoms with Gasteiger partial charge in [-0.05, 0) is 41.5 Å². The highest BCUT2D eigenvalue weighted by molar-refractivity contribution is 6.34. The van der Waals surface area contributed by atoms with Crippen LogP contribution in [0, 0.1) is 0 Å². The van der Waals surface area contributed by atoms with Crippen molar-refractivity contribution < 1.29 is 17.9 Å². The number of hydrogen-bond donors (Lipinski definition) is 2. The zero-order valence-corrected chi connectivity index (χ0v) is 15.9. The molecule has 2 unspecified atom stereocenters. The van der Waals surface area contributed by atoms with Crippen molar-refractivity contribution in [2.24, 2.45) is 10.7 Å². The lowest BCUT2D eigenvalue weighted by Gasteiger charge is -2.23. The quantitative estimate of drug-likeness (QED) is 0.665. The fraction of sp³-hybridized carbons (Fsp3) is 0.211. The van der Waals surface area contributed by atoms with Crippen LogP contribution < -0.4 is 11.1 Å². The average molecular weight is 430 g/mol. The second-order valence-electron chi connectivity index (χ2n) is 6.15. The van der Waals surface area contributed by atoms with Gasteiger partial charge in [0.15, 0.2) is 0 Å². The van der Waals surface area contributed by atoms with Gasteiger partial charge >= 0.3 is 6.18 Å². The third-order valence-corrected chi connectivity index (χ3v) is 4.41. The predicted molar refractivity (Wildman–Crippen MR) is 106 cm³/mol. The summed E-state index contributed by atoms with van der Waals surface area (Å²) in [6, 6.07) is 8.42. The minimum atomic E-state index is -4.53. The third-order valence-electron chi connectivity index (χ3n) is 3.97. The summed E-state index contributed by atoms with van der Waals surface area (Å²) in [5.74, 6) is 0. The summed E-state index contributed by atoms with van der Waals surface area (Å²) in [6.45, 7) is 0.372. The fourth-order valence-electron chi connectivity index (χ4n) is 2.68. The highest BCUT2D eigenvalue weighted by Gasteiger charge is 2.41. The maximum absolute atomic E-state index is 13.6. The average Bonchev–Trinajstić information content (AvgIpc) is 3.02. The van der Waals surface area contributed by atoms with Crippen molar-refractivity contribution in [3.8, 4) is 0 Å². The number of amidine groups is 1. The topological polar surface area (TPSA) is 59.6 Å². The van der Waals surface area contributed by atoms with Gasteiger partial charge in [0.1, 0.15) is 18.7 Å². The van der Waals surface area contributed by atoms with Crippen LogP contribution in [0.4, 0.5) is 18.9 Å². The molecule has 1 aliphatic heterocycles. The van der Waals surface area contributed by atoms with E-state index in [0.717, 1.165) is 5.56 Å². The largest absolute Gasteiger partial charge is 0.463 e. The molecule has 3 rings (SSSR count). The highest BCUT2D eigenvalue weighted by Crippen LogP contribution is 2.37. The van der Waals surface area contributed by atoms with Crippen LogP contribution in [0.2, 0.25) is 10.0 Å². The lowest BCUT2D eigenvalue weighted by atomic mass is 10.1. The van der Waals surface area contributed by atoms with Gasteiger partial charge in [-0.25, -0.2) is 4.99 Å². The van der Waals surface area contributed by atoms with Gasteiger partial charge in [-0.1, -0.05) is 47.5 Å². The number of nitrogens with zero attached hydrogens (tertiary/aromatic N) is 1. The molecule has 148 valence electrons. The van der Waals surface area contributed by atoms with Crippen LogP contribution in [-0.2, 0) is 4.74 Å². The summed E-state index contributed by atoms with van der Waals surface area (Å²) in [7, 11) is 0. The number of halogens is 5. The third kappa shape index (κ3) is 5.33. The zero-order valence-electron chi connectivity index (χ0n) is 14.4. The number of ether oxygens (including phenoxy) is 1. The van der Waals surface area contributed by atoms with Crippen molar-refractivity contribution in [2.75, 3.05) is 11.9 Å². The van der Waals surface area contributed by atoms with Crippen LogP contribution >= 0.6 is 23.2 Å². The van der Waals surface area contributed by atoms with Crippen LogP contribution in [0.25, 0.3) is 6.08 Å². The van der Waals surface area contributed by atoms with E-state index >= 15 is 0 Å². The first kappa shape index (κ1) is 20.4. The van der Waals surface area contributed by atoms with E-state index in [1.807, 2.05) is 6.08 Å². The Labute approximate surface area is 169 Å². The van der Waals surface area contributed by atoms with Gasteiger partial charge in [0.05, 0.1) is 0 Å². The molecule has 2 aromatic carbocycles. The van der Waals surface area contributed by atoms with Crippen LogP contribution in [0.3, 0.4) is 0 Å². The Bertz CT molecular complexity index is 878.